The molecule has 0 aliphatic rings. The van der Waals surface area contributed by atoms with Crippen LogP contribution in [0.2, 0.25) is 0 Å². The second kappa shape index (κ2) is 4.18. The summed E-state index contributed by atoms with van der Waals surface area (Å²) >= 11 is 0. The van der Waals surface area contributed by atoms with Crippen LogP contribution in [-0.2, 0) is 6.42 Å². The van der Waals surface area contributed by atoms with E-state index in [2.05, 4.69) is 16.9 Å². The first kappa shape index (κ1) is 10.4. The quantitative estimate of drug-likeness (QED) is 0.800. The van der Waals surface area contributed by atoms with E-state index in [1.54, 1.807) is 12.3 Å². The summed E-state index contributed by atoms with van der Waals surface area (Å²) in [6.45, 7) is 2.08. The van der Waals surface area contributed by atoms with Gasteiger partial charge in [0.15, 0.2) is 0 Å². The number of aryl methyl sites for hydroxylation is 1. The highest BCUT2D eigenvalue weighted by Crippen LogP contribution is 2.24. The Morgan fingerprint density at radius 1 is 1.19 bits per heavy atom. The van der Waals surface area contributed by atoms with Gasteiger partial charge in [-0.25, -0.2) is 4.98 Å². The van der Waals surface area contributed by atoms with Gasteiger partial charge in [0.1, 0.15) is 5.82 Å². The van der Waals surface area contributed by atoms with Crippen LogP contribution in [0.3, 0.4) is 0 Å². The molecule has 4 N–H and O–H groups in total. The van der Waals surface area contributed by atoms with Gasteiger partial charge in [0, 0.05) is 18.0 Å². The molecule has 0 fully saturated rings. The molecule has 0 bridgehead atoms. The van der Waals surface area contributed by atoms with Crippen LogP contribution in [0, 0.1) is 0 Å². The van der Waals surface area contributed by atoms with E-state index < -0.39 is 0 Å². The lowest BCUT2D eigenvalue weighted by atomic mass is 10.0. The lowest BCUT2D eigenvalue weighted by molar-refractivity contribution is 1.10. The van der Waals surface area contributed by atoms with Crippen molar-refractivity contribution in [3.63, 3.8) is 0 Å². The molecule has 0 atom stereocenters. The summed E-state index contributed by atoms with van der Waals surface area (Å²) in [6.07, 6.45) is 4.52. The van der Waals surface area contributed by atoms with Gasteiger partial charge in [-0.15, -0.1) is 0 Å². The Balaban J connectivity index is 2.54. The van der Waals surface area contributed by atoms with E-state index in [0.29, 0.717) is 11.5 Å². The molecular weight excluding hydrogens is 200 g/mol. The normalized spacial score (nSPS) is 10.3. The Labute approximate surface area is 94.3 Å². The average Bonchev–Trinajstić information content (AvgIpc) is 2.32. The minimum absolute atomic E-state index is 0.372. The smallest absolute Gasteiger partial charge is 0.147 e. The van der Waals surface area contributed by atoms with Gasteiger partial charge in [-0.05, 0) is 30.2 Å². The molecule has 2 aromatic rings. The Kier molecular flexibility index (Phi) is 2.72. The van der Waals surface area contributed by atoms with Crippen LogP contribution in [-0.4, -0.2) is 9.97 Å². The Morgan fingerprint density at radius 3 is 2.69 bits per heavy atom. The summed E-state index contributed by atoms with van der Waals surface area (Å²) in [5.41, 5.74) is 14.9. The van der Waals surface area contributed by atoms with Gasteiger partial charge < -0.3 is 11.5 Å². The van der Waals surface area contributed by atoms with Crippen LogP contribution in [0.25, 0.3) is 11.3 Å². The third kappa shape index (κ3) is 1.82. The molecule has 0 saturated carbocycles. The second-order valence-electron chi connectivity index (χ2n) is 3.56. The van der Waals surface area contributed by atoms with E-state index >= 15 is 0 Å². The highest BCUT2D eigenvalue weighted by Gasteiger charge is 2.06. The van der Waals surface area contributed by atoms with Crippen molar-refractivity contribution >= 4 is 11.5 Å². The fraction of sp³-hybridized carbons (Fsp3) is 0.167. The Bertz CT molecular complexity index is 508. The van der Waals surface area contributed by atoms with E-state index in [1.165, 1.54) is 0 Å². The second-order valence-corrected chi connectivity index (χ2v) is 3.56. The van der Waals surface area contributed by atoms with Crippen molar-refractivity contribution in [1.82, 2.24) is 9.97 Å². The average molecular weight is 214 g/mol. The maximum absolute atomic E-state index is 5.70. The SMILES string of the molecule is CCc1cnccc1-c1ccc(N)c(N)n1. The van der Waals surface area contributed by atoms with Gasteiger partial charge in [0.2, 0.25) is 0 Å². The van der Waals surface area contributed by atoms with Gasteiger partial charge in [-0.3, -0.25) is 4.98 Å². The monoisotopic (exact) mass is 214 g/mol. The number of rotatable bonds is 2. The Morgan fingerprint density at radius 2 is 2.00 bits per heavy atom. The molecule has 0 saturated heterocycles. The summed E-state index contributed by atoms with van der Waals surface area (Å²) in [4.78, 5) is 8.37. The van der Waals surface area contributed by atoms with E-state index in [0.717, 1.165) is 23.2 Å². The molecular formula is C12H14N4. The largest absolute Gasteiger partial charge is 0.396 e. The highest BCUT2D eigenvalue weighted by atomic mass is 14.9. The van der Waals surface area contributed by atoms with E-state index in [9.17, 15) is 0 Å². The maximum Gasteiger partial charge on any atom is 0.147 e. The van der Waals surface area contributed by atoms with Crippen LogP contribution in [0.15, 0.2) is 30.6 Å². The highest BCUT2D eigenvalue weighted by molar-refractivity contribution is 5.69. The van der Waals surface area contributed by atoms with Crippen LogP contribution >= 0.6 is 0 Å². The van der Waals surface area contributed by atoms with Crippen molar-refractivity contribution in [2.45, 2.75) is 13.3 Å². The Hall–Kier alpha value is -2.10. The topological polar surface area (TPSA) is 77.8 Å². The zero-order valence-corrected chi connectivity index (χ0v) is 9.14. The van der Waals surface area contributed by atoms with E-state index in [-0.39, 0.29) is 0 Å². The van der Waals surface area contributed by atoms with E-state index in [1.807, 2.05) is 18.3 Å². The zero-order chi connectivity index (χ0) is 11.5. The third-order valence-electron chi connectivity index (χ3n) is 2.52. The molecule has 16 heavy (non-hydrogen) atoms. The van der Waals surface area contributed by atoms with Gasteiger partial charge in [-0.2, -0.15) is 0 Å². The third-order valence-corrected chi connectivity index (χ3v) is 2.52. The minimum atomic E-state index is 0.372. The lowest BCUT2D eigenvalue weighted by Gasteiger charge is -2.07. The molecule has 0 aliphatic heterocycles. The standard InChI is InChI=1S/C12H14N4/c1-2-8-7-15-6-5-9(8)11-4-3-10(13)12(14)16-11/h3-7H,2,13H2,1H3,(H2,14,16). The van der Waals surface area contributed by atoms with Crippen LogP contribution < -0.4 is 11.5 Å². The summed E-state index contributed by atoms with van der Waals surface area (Å²) in [7, 11) is 0. The molecule has 4 heteroatoms. The zero-order valence-electron chi connectivity index (χ0n) is 9.14. The number of anilines is 2. The number of nitrogens with two attached hydrogens (primary N) is 2. The number of hydrogen-bond acceptors (Lipinski definition) is 4. The molecule has 82 valence electrons. The summed E-state index contributed by atoms with van der Waals surface area (Å²) in [5, 5.41) is 0. The van der Waals surface area contributed by atoms with Crippen LogP contribution in [0.4, 0.5) is 11.5 Å². The maximum atomic E-state index is 5.70. The lowest BCUT2D eigenvalue weighted by Crippen LogP contribution is -1.99. The fourth-order valence-electron chi connectivity index (χ4n) is 1.59. The van der Waals surface area contributed by atoms with Crippen molar-refractivity contribution in [3.05, 3.63) is 36.2 Å². The van der Waals surface area contributed by atoms with Gasteiger partial charge >= 0.3 is 0 Å². The van der Waals surface area contributed by atoms with Crippen molar-refractivity contribution in [2.24, 2.45) is 0 Å². The molecule has 0 aromatic carbocycles. The van der Waals surface area contributed by atoms with Gasteiger partial charge in [-0.1, -0.05) is 6.92 Å². The molecule has 0 unspecified atom stereocenters. The van der Waals surface area contributed by atoms with Gasteiger partial charge in [0.25, 0.3) is 0 Å². The first-order valence-electron chi connectivity index (χ1n) is 5.17. The molecule has 0 amide bonds. The van der Waals surface area contributed by atoms with Gasteiger partial charge in [0.05, 0.1) is 11.4 Å². The summed E-state index contributed by atoms with van der Waals surface area (Å²) in [6, 6.07) is 5.59. The molecule has 0 spiro atoms. The number of pyridine rings is 2. The fourth-order valence-corrected chi connectivity index (χ4v) is 1.59. The van der Waals surface area contributed by atoms with Crippen molar-refractivity contribution in [1.29, 1.82) is 0 Å². The number of aromatic nitrogens is 2. The minimum Gasteiger partial charge on any atom is -0.396 e. The van der Waals surface area contributed by atoms with E-state index in [4.69, 9.17) is 11.5 Å². The first-order valence-corrected chi connectivity index (χ1v) is 5.17. The molecule has 0 aliphatic carbocycles. The van der Waals surface area contributed by atoms with Crippen molar-refractivity contribution in [2.75, 3.05) is 11.5 Å². The number of nitrogen functional groups attached to an aromatic ring is 2. The molecule has 2 rings (SSSR count). The summed E-state index contributed by atoms with van der Waals surface area (Å²) in [5.74, 6) is 0.372. The van der Waals surface area contributed by atoms with Crippen molar-refractivity contribution < 1.29 is 0 Å². The first-order chi connectivity index (χ1) is 7.72. The predicted octanol–water partition coefficient (Wildman–Crippen LogP) is 1.87. The molecule has 4 nitrogen and oxygen atoms in total. The van der Waals surface area contributed by atoms with Crippen LogP contribution in [0.5, 0.6) is 0 Å². The molecule has 0 radical (unpaired) electrons. The number of nitrogens with zero attached hydrogens (tertiary/aromatic N) is 2. The summed E-state index contributed by atoms with van der Waals surface area (Å²) < 4.78 is 0. The van der Waals surface area contributed by atoms with Crippen LogP contribution in [0.1, 0.15) is 12.5 Å². The molecule has 2 heterocycles. The predicted molar refractivity (Wildman–Crippen MR) is 65.7 cm³/mol. The number of hydrogen-bond donors (Lipinski definition) is 2. The van der Waals surface area contributed by atoms with Crippen molar-refractivity contribution in [3.8, 4) is 11.3 Å². The molecule has 2 aromatic heterocycles.